The molecule has 58 valence electrons. The van der Waals surface area contributed by atoms with Crippen LogP contribution in [0, 0.1) is 0 Å². The molecule has 0 bridgehead atoms. The van der Waals surface area contributed by atoms with Crippen molar-refractivity contribution in [1.82, 2.24) is 15.5 Å². The van der Waals surface area contributed by atoms with Gasteiger partial charge in [-0.05, 0) is 12.8 Å². The zero-order valence-electron chi connectivity index (χ0n) is 6.15. The summed E-state index contributed by atoms with van der Waals surface area (Å²) in [6, 6.07) is 0. The maximum Gasteiger partial charge on any atom is 0.150 e. The highest BCUT2D eigenvalue weighted by Crippen LogP contribution is 2.50. The second-order valence-electron chi connectivity index (χ2n) is 3.40. The van der Waals surface area contributed by atoms with Gasteiger partial charge in [-0.2, -0.15) is 5.10 Å². The van der Waals surface area contributed by atoms with Crippen LogP contribution >= 0.6 is 0 Å². The Labute approximate surface area is 64.2 Å². The number of nitrogens with one attached hydrogen (secondary N) is 2. The van der Waals surface area contributed by atoms with Gasteiger partial charge in [0.15, 0.2) is 0 Å². The molecule has 1 aromatic heterocycles. The van der Waals surface area contributed by atoms with Crippen molar-refractivity contribution in [2.75, 3.05) is 5.73 Å². The van der Waals surface area contributed by atoms with E-state index in [1.54, 1.807) is 0 Å². The number of nitrogens with two attached hydrogens (primary N) is 1. The fourth-order valence-corrected chi connectivity index (χ4v) is 1.85. The summed E-state index contributed by atoms with van der Waals surface area (Å²) in [6.45, 7) is 0.887. The predicted molar refractivity (Wildman–Crippen MR) is 40.8 cm³/mol. The Bertz CT molecular complexity index is 310. The second kappa shape index (κ2) is 1.43. The normalized spacial score (nSPS) is 24.0. The van der Waals surface area contributed by atoms with Crippen LogP contribution in [0.1, 0.15) is 24.1 Å². The number of aromatic nitrogens is 2. The molecular weight excluding hydrogens is 140 g/mol. The first kappa shape index (κ1) is 5.60. The van der Waals surface area contributed by atoms with Crippen molar-refractivity contribution in [1.29, 1.82) is 0 Å². The molecular formula is C7H10N4. The maximum atomic E-state index is 5.66. The smallest absolute Gasteiger partial charge is 0.150 e. The molecule has 1 spiro atoms. The molecule has 0 radical (unpaired) electrons. The van der Waals surface area contributed by atoms with Gasteiger partial charge >= 0.3 is 0 Å². The highest BCUT2D eigenvalue weighted by atomic mass is 15.2. The summed E-state index contributed by atoms with van der Waals surface area (Å²) in [5.74, 6) is 0.663. The molecule has 4 heteroatoms. The largest absolute Gasteiger partial charge is 0.382 e. The number of fused-ring (bicyclic) bond motifs is 2. The Balaban J connectivity index is 2.22. The Morgan fingerprint density at radius 1 is 1.45 bits per heavy atom. The van der Waals surface area contributed by atoms with E-state index in [1.807, 2.05) is 0 Å². The lowest BCUT2D eigenvalue weighted by molar-refractivity contribution is 0.556. The Morgan fingerprint density at radius 3 is 3.00 bits per heavy atom. The van der Waals surface area contributed by atoms with Crippen molar-refractivity contribution in [2.24, 2.45) is 0 Å². The number of nitrogen functional groups attached to an aromatic ring is 1. The summed E-state index contributed by atoms with van der Waals surface area (Å²) >= 11 is 0. The molecule has 11 heavy (non-hydrogen) atoms. The van der Waals surface area contributed by atoms with Crippen LogP contribution in [-0.2, 0) is 12.1 Å². The molecule has 1 aromatic rings. The van der Waals surface area contributed by atoms with E-state index in [0.29, 0.717) is 5.82 Å². The van der Waals surface area contributed by atoms with Gasteiger partial charge in [-0.15, -0.1) is 0 Å². The van der Waals surface area contributed by atoms with Crippen LogP contribution in [0.15, 0.2) is 0 Å². The number of hydrogen-bond acceptors (Lipinski definition) is 3. The number of H-pyrrole nitrogens is 1. The van der Waals surface area contributed by atoms with Gasteiger partial charge in [0.25, 0.3) is 0 Å². The lowest BCUT2D eigenvalue weighted by Gasteiger charge is -2.04. The van der Waals surface area contributed by atoms with Crippen molar-refractivity contribution in [3.05, 3.63) is 11.3 Å². The summed E-state index contributed by atoms with van der Waals surface area (Å²) in [5, 5.41) is 10.4. The molecule has 4 N–H and O–H groups in total. The van der Waals surface area contributed by atoms with Gasteiger partial charge in [0, 0.05) is 12.1 Å². The monoisotopic (exact) mass is 150 g/mol. The summed E-state index contributed by atoms with van der Waals surface area (Å²) in [4.78, 5) is 0. The van der Waals surface area contributed by atoms with Crippen LogP contribution in [0.25, 0.3) is 0 Å². The number of hydrogen-bond donors (Lipinski definition) is 3. The fourth-order valence-electron chi connectivity index (χ4n) is 1.85. The zero-order valence-corrected chi connectivity index (χ0v) is 6.15. The first-order chi connectivity index (χ1) is 5.32. The van der Waals surface area contributed by atoms with E-state index >= 15 is 0 Å². The van der Waals surface area contributed by atoms with Crippen LogP contribution in [0.4, 0.5) is 5.82 Å². The minimum Gasteiger partial charge on any atom is -0.382 e. The Hall–Kier alpha value is -1.03. The fraction of sp³-hybridized carbons (Fsp3) is 0.571. The van der Waals surface area contributed by atoms with Crippen LogP contribution in [0.5, 0.6) is 0 Å². The third-order valence-corrected chi connectivity index (χ3v) is 2.73. The van der Waals surface area contributed by atoms with Gasteiger partial charge in [-0.25, -0.2) is 0 Å². The first-order valence-corrected chi connectivity index (χ1v) is 3.90. The van der Waals surface area contributed by atoms with Crippen LogP contribution in [0.2, 0.25) is 0 Å². The number of aromatic amines is 1. The molecule has 0 unspecified atom stereocenters. The average molecular weight is 150 g/mol. The molecule has 0 aromatic carbocycles. The van der Waals surface area contributed by atoms with Crippen molar-refractivity contribution >= 4 is 5.82 Å². The molecule has 4 nitrogen and oxygen atoms in total. The average Bonchev–Trinajstić information content (AvgIpc) is 2.53. The topological polar surface area (TPSA) is 66.7 Å². The molecule has 1 aliphatic carbocycles. The van der Waals surface area contributed by atoms with Gasteiger partial charge in [-0.1, -0.05) is 0 Å². The quantitative estimate of drug-likeness (QED) is 0.491. The van der Waals surface area contributed by atoms with E-state index in [-0.39, 0.29) is 5.54 Å². The highest BCUT2D eigenvalue weighted by Gasteiger charge is 2.50. The first-order valence-electron chi connectivity index (χ1n) is 3.90. The molecule has 3 rings (SSSR count). The van der Waals surface area contributed by atoms with E-state index < -0.39 is 0 Å². The SMILES string of the molecule is Nc1n[nH]c2c1CNC21CC1. The van der Waals surface area contributed by atoms with Crippen LogP contribution < -0.4 is 11.1 Å². The third kappa shape index (κ3) is 0.519. The molecule has 0 saturated heterocycles. The van der Waals surface area contributed by atoms with Crippen LogP contribution in [-0.4, -0.2) is 10.2 Å². The van der Waals surface area contributed by atoms with Gasteiger partial charge in [0.1, 0.15) is 5.82 Å². The lowest BCUT2D eigenvalue weighted by atomic mass is 10.2. The van der Waals surface area contributed by atoms with Gasteiger partial charge < -0.3 is 11.1 Å². The summed E-state index contributed by atoms with van der Waals surface area (Å²) in [7, 11) is 0. The third-order valence-electron chi connectivity index (χ3n) is 2.73. The van der Waals surface area contributed by atoms with Crippen molar-refractivity contribution < 1.29 is 0 Å². The minimum atomic E-state index is 0.250. The molecule has 0 amide bonds. The summed E-state index contributed by atoms with van der Waals surface area (Å²) in [5.41, 5.74) is 8.32. The van der Waals surface area contributed by atoms with E-state index in [0.717, 1.165) is 6.54 Å². The standard InChI is InChI=1S/C7H10N4/c8-6-4-3-9-7(1-2-7)5(4)10-11-6/h9H,1-3H2,(H3,8,10,11). The summed E-state index contributed by atoms with van der Waals surface area (Å²) < 4.78 is 0. The number of nitrogens with zero attached hydrogens (tertiary/aromatic N) is 1. The van der Waals surface area contributed by atoms with Crippen molar-refractivity contribution in [3.63, 3.8) is 0 Å². The maximum absolute atomic E-state index is 5.66. The predicted octanol–water partition coefficient (Wildman–Crippen LogP) is 0.0842. The second-order valence-corrected chi connectivity index (χ2v) is 3.40. The Morgan fingerprint density at radius 2 is 2.27 bits per heavy atom. The van der Waals surface area contributed by atoms with Crippen LogP contribution in [0.3, 0.4) is 0 Å². The van der Waals surface area contributed by atoms with Crippen molar-refractivity contribution in [2.45, 2.75) is 24.9 Å². The number of rotatable bonds is 0. The van der Waals surface area contributed by atoms with E-state index in [1.165, 1.54) is 24.1 Å². The molecule has 2 heterocycles. The van der Waals surface area contributed by atoms with E-state index in [4.69, 9.17) is 5.73 Å². The van der Waals surface area contributed by atoms with Crippen molar-refractivity contribution in [3.8, 4) is 0 Å². The number of anilines is 1. The highest BCUT2D eigenvalue weighted by molar-refractivity contribution is 5.49. The van der Waals surface area contributed by atoms with Gasteiger partial charge in [-0.3, -0.25) is 5.10 Å². The minimum absolute atomic E-state index is 0.250. The van der Waals surface area contributed by atoms with Gasteiger partial charge in [0.2, 0.25) is 0 Å². The van der Waals surface area contributed by atoms with E-state index in [9.17, 15) is 0 Å². The lowest BCUT2D eigenvalue weighted by Crippen LogP contribution is -2.20. The molecule has 2 aliphatic rings. The van der Waals surface area contributed by atoms with E-state index in [2.05, 4.69) is 15.5 Å². The molecule has 1 saturated carbocycles. The Kier molecular flexibility index (Phi) is 0.727. The summed E-state index contributed by atoms with van der Waals surface area (Å²) in [6.07, 6.45) is 2.45. The van der Waals surface area contributed by atoms with Gasteiger partial charge in [0.05, 0.1) is 11.2 Å². The molecule has 1 fully saturated rings. The zero-order chi connectivity index (χ0) is 7.47. The molecule has 0 atom stereocenters. The molecule has 1 aliphatic heterocycles.